The van der Waals surface area contributed by atoms with Crippen LogP contribution in [0.3, 0.4) is 0 Å². The molecule has 1 aromatic heterocycles. The highest BCUT2D eigenvalue weighted by Crippen LogP contribution is 2.23. The van der Waals surface area contributed by atoms with Gasteiger partial charge in [0.25, 0.3) is 10.0 Å². The summed E-state index contributed by atoms with van der Waals surface area (Å²) in [7, 11) is -2.14. The van der Waals surface area contributed by atoms with Crippen molar-refractivity contribution >= 4 is 15.7 Å². The van der Waals surface area contributed by atoms with Crippen molar-refractivity contribution in [1.82, 2.24) is 14.8 Å². The lowest BCUT2D eigenvalue weighted by molar-refractivity contribution is 0.414. The summed E-state index contributed by atoms with van der Waals surface area (Å²) in [4.78, 5) is 4.09. The Bertz CT molecular complexity index is 936. The minimum atomic E-state index is -3.68. The average Bonchev–Trinajstić information content (AvgIpc) is 3.09. The van der Waals surface area contributed by atoms with E-state index >= 15 is 0 Å². The number of aromatic nitrogens is 3. The maximum absolute atomic E-state index is 12.6. The third-order valence-corrected chi connectivity index (χ3v) is 5.02. The number of rotatable bonds is 5. The van der Waals surface area contributed by atoms with Gasteiger partial charge in [0.05, 0.1) is 17.7 Å². The van der Waals surface area contributed by atoms with Crippen LogP contribution < -0.4 is 9.46 Å². The summed E-state index contributed by atoms with van der Waals surface area (Å²) in [5, 5.41) is 4.02. The smallest absolute Gasteiger partial charge is 0.262 e. The number of hydrogen-bond acceptors (Lipinski definition) is 5. The van der Waals surface area contributed by atoms with Gasteiger partial charge in [-0.05, 0) is 55.0 Å². The van der Waals surface area contributed by atoms with E-state index in [2.05, 4.69) is 14.8 Å². The summed E-state index contributed by atoms with van der Waals surface area (Å²) in [6, 6.07) is 11.7. The summed E-state index contributed by atoms with van der Waals surface area (Å²) in [5.41, 5.74) is 1.87. The highest BCUT2D eigenvalue weighted by atomic mass is 32.2. The van der Waals surface area contributed by atoms with Crippen LogP contribution in [-0.2, 0) is 10.0 Å². The van der Waals surface area contributed by atoms with Crippen molar-refractivity contribution in [3.63, 3.8) is 0 Å². The Labute approximate surface area is 140 Å². The summed E-state index contributed by atoms with van der Waals surface area (Å²) < 4.78 is 34.4. The predicted molar refractivity (Wildman–Crippen MR) is 89.9 cm³/mol. The Kier molecular flexibility index (Phi) is 4.22. The number of anilines is 1. The lowest BCUT2D eigenvalue weighted by Crippen LogP contribution is -2.14. The second-order valence-electron chi connectivity index (χ2n) is 5.12. The van der Waals surface area contributed by atoms with Crippen molar-refractivity contribution < 1.29 is 13.2 Å². The first-order valence-corrected chi connectivity index (χ1v) is 8.60. The van der Waals surface area contributed by atoms with Crippen LogP contribution in [0.2, 0.25) is 0 Å². The fourth-order valence-electron chi connectivity index (χ4n) is 2.28. The first-order valence-electron chi connectivity index (χ1n) is 7.12. The molecule has 0 radical (unpaired) electrons. The molecule has 0 aliphatic carbocycles. The number of nitrogens with one attached hydrogen (secondary N) is 1. The molecule has 3 rings (SSSR count). The summed E-state index contributed by atoms with van der Waals surface area (Å²) in [6.45, 7) is 1.73. The van der Waals surface area contributed by atoms with E-state index in [1.54, 1.807) is 54.3 Å². The van der Waals surface area contributed by atoms with Gasteiger partial charge >= 0.3 is 0 Å². The van der Waals surface area contributed by atoms with E-state index in [1.165, 1.54) is 19.5 Å². The number of nitrogens with zero attached hydrogens (tertiary/aromatic N) is 3. The molecule has 0 saturated carbocycles. The number of benzene rings is 2. The van der Waals surface area contributed by atoms with E-state index < -0.39 is 10.0 Å². The van der Waals surface area contributed by atoms with E-state index in [0.29, 0.717) is 17.0 Å². The summed E-state index contributed by atoms with van der Waals surface area (Å²) >= 11 is 0. The molecule has 2 aromatic carbocycles. The van der Waals surface area contributed by atoms with E-state index in [0.717, 1.165) is 5.69 Å². The van der Waals surface area contributed by atoms with Gasteiger partial charge in [0.2, 0.25) is 0 Å². The Balaban J connectivity index is 1.84. The van der Waals surface area contributed by atoms with Gasteiger partial charge in [0.15, 0.2) is 0 Å². The minimum Gasteiger partial charge on any atom is -0.497 e. The molecular formula is C16H16N4O3S. The second kappa shape index (κ2) is 6.32. The fourth-order valence-corrected chi connectivity index (χ4v) is 3.57. The summed E-state index contributed by atoms with van der Waals surface area (Å²) in [6.07, 6.45) is 3.00. The molecule has 8 heteroatoms. The van der Waals surface area contributed by atoms with Crippen LogP contribution in [0.15, 0.2) is 60.0 Å². The van der Waals surface area contributed by atoms with Crippen LogP contribution in [0.4, 0.5) is 5.69 Å². The maximum Gasteiger partial charge on any atom is 0.262 e. The molecule has 1 N–H and O–H groups in total. The Morgan fingerprint density at radius 2 is 1.88 bits per heavy atom. The molecule has 0 aliphatic rings. The van der Waals surface area contributed by atoms with Gasteiger partial charge in [-0.1, -0.05) is 0 Å². The van der Waals surface area contributed by atoms with Gasteiger partial charge < -0.3 is 4.74 Å². The van der Waals surface area contributed by atoms with Gasteiger partial charge in [0.1, 0.15) is 18.4 Å². The average molecular weight is 344 g/mol. The Morgan fingerprint density at radius 3 is 2.46 bits per heavy atom. The van der Waals surface area contributed by atoms with Crippen molar-refractivity contribution in [2.45, 2.75) is 11.8 Å². The lowest BCUT2D eigenvalue weighted by Gasteiger charge is -2.12. The largest absolute Gasteiger partial charge is 0.497 e. The van der Waals surface area contributed by atoms with E-state index in [-0.39, 0.29) is 4.90 Å². The molecule has 3 aromatic rings. The van der Waals surface area contributed by atoms with Crippen molar-refractivity contribution in [3.8, 4) is 11.4 Å². The van der Waals surface area contributed by atoms with Gasteiger partial charge in [0, 0.05) is 5.69 Å². The predicted octanol–water partition coefficient (Wildman–Crippen LogP) is 2.39. The van der Waals surface area contributed by atoms with Crippen molar-refractivity contribution in [2.75, 3.05) is 11.8 Å². The molecule has 0 aliphatic heterocycles. The zero-order valence-electron chi connectivity index (χ0n) is 13.2. The maximum atomic E-state index is 12.6. The molecule has 0 amide bonds. The van der Waals surface area contributed by atoms with Gasteiger partial charge in [-0.2, -0.15) is 5.10 Å². The van der Waals surface area contributed by atoms with Crippen molar-refractivity contribution in [3.05, 3.63) is 60.7 Å². The van der Waals surface area contributed by atoms with Crippen molar-refractivity contribution in [1.29, 1.82) is 0 Å². The monoisotopic (exact) mass is 344 g/mol. The molecule has 7 nitrogen and oxygen atoms in total. The van der Waals surface area contributed by atoms with Crippen LogP contribution in [0.1, 0.15) is 5.56 Å². The highest BCUT2D eigenvalue weighted by molar-refractivity contribution is 7.92. The first kappa shape index (κ1) is 16.0. The second-order valence-corrected chi connectivity index (χ2v) is 6.77. The topological polar surface area (TPSA) is 86.1 Å². The fraction of sp³-hybridized carbons (Fsp3) is 0.125. The van der Waals surface area contributed by atoms with Gasteiger partial charge in [-0.15, -0.1) is 0 Å². The molecule has 0 saturated heterocycles. The van der Waals surface area contributed by atoms with Gasteiger partial charge in [-0.3, -0.25) is 4.72 Å². The Hall–Kier alpha value is -2.87. The molecule has 124 valence electrons. The van der Waals surface area contributed by atoms with Gasteiger partial charge in [-0.25, -0.2) is 18.1 Å². The van der Waals surface area contributed by atoms with Crippen molar-refractivity contribution in [2.24, 2.45) is 0 Å². The zero-order chi connectivity index (χ0) is 17.2. The normalized spacial score (nSPS) is 11.2. The van der Waals surface area contributed by atoms with Crippen LogP contribution in [-0.4, -0.2) is 30.3 Å². The third kappa shape index (κ3) is 3.23. The standard InChI is InChI=1S/C16H16N4O3S/c1-12-9-15(23-2)7-8-16(12)24(21,22)19-13-3-5-14(6-4-13)20-11-17-10-18-20/h3-11,19H,1-2H3. The molecule has 0 atom stereocenters. The number of methoxy groups -OCH3 is 1. The van der Waals surface area contributed by atoms with E-state index in [4.69, 9.17) is 4.74 Å². The number of ether oxygens (including phenoxy) is 1. The SMILES string of the molecule is COc1ccc(S(=O)(=O)Nc2ccc(-n3cncn3)cc2)c(C)c1. The number of sulfonamides is 1. The molecule has 0 bridgehead atoms. The molecule has 0 unspecified atom stereocenters. The number of aryl methyl sites for hydroxylation is 1. The minimum absolute atomic E-state index is 0.212. The van der Waals surface area contributed by atoms with Crippen LogP contribution in [0.25, 0.3) is 5.69 Å². The van der Waals surface area contributed by atoms with Crippen LogP contribution in [0.5, 0.6) is 5.75 Å². The molecule has 24 heavy (non-hydrogen) atoms. The summed E-state index contributed by atoms with van der Waals surface area (Å²) in [5.74, 6) is 0.614. The molecular weight excluding hydrogens is 328 g/mol. The Morgan fingerprint density at radius 1 is 1.12 bits per heavy atom. The highest BCUT2D eigenvalue weighted by Gasteiger charge is 2.17. The zero-order valence-corrected chi connectivity index (χ0v) is 14.0. The third-order valence-electron chi connectivity index (χ3n) is 3.47. The van der Waals surface area contributed by atoms with E-state index in [9.17, 15) is 8.42 Å². The van der Waals surface area contributed by atoms with Crippen LogP contribution >= 0.6 is 0 Å². The molecule has 1 heterocycles. The van der Waals surface area contributed by atoms with Crippen LogP contribution in [0, 0.1) is 6.92 Å². The molecule has 0 fully saturated rings. The first-order chi connectivity index (χ1) is 11.5. The lowest BCUT2D eigenvalue weighted by atomic mass is 10.2. The quantitative estimate of drug-likeness (QED) is 0.768. The number of hydrogen-bond donors (Lipinski definition) is 1. The molecule has 0 spiro atoms. The van der Waals surface area contributed by atoms with E-state index in [1.807, 2.05) is 0 Å².